The average molecular weight is 363 g/mol. The Morgan fingerprint density at radius 1 is 1.46 bits per heavy atom. The summed E-state index contributed by atoms with van der Waals surface area (Å²) in [7, 11) is 0. The van der Waals surface area contributed by atoms with E-state index < -0.39 is 0 Å². The number of nitrogens with one attached hydrogen (secondary N) is 3. The predicted octanol–water partition coefficient (Wildman–Crippen LogP) is 1.16. The number of nitrogens with zero attached hydrogens (tertiary/aromatic N) is 2. The van der Waals surface area contributed by atoms with Crippen molar-refractivity contribution >= 4 is 17.6 Å². The van der Waals surface area contributed by atoms with E-state index in [1.54, 1.807) is 24.5 Å². The van der Waals surface area contributed by atoms with Crippen LogP contribution in [0.4, 0.5) is 5.69 Å². The van der Waals surface area contributed by atoms with E-state index in [1.807, 2.05) is 6.92 Å². The summed E-state index contributed by atoms with van der Waals surface area (Å²) in [6, 6.07) is 3.56. The summed E-state index contributed by atoms with van der Waals surface area (Å²) >= 11 is 0. The van der Waals surface area contributed by atoms with Crippen molar-refractivity contribution in [2.24, 2.45) is 4.99 Å². The van der Waals surface area contributed by atoms with Gasteiger partial charge in [0.15, 0.2) is 5.96 Å². The van der Waals surface area contributed by atoms with Crippen LogP contribution in [0.2, 0.25) is 0 Å². The number of rotatable bonds is 10. The lowest BCUT2D eigenvalue weighted by Crippen LogP contribution is -2.38. The van der Waals surface area contributed by atoms with E-state index in [9.17, 15) is 4.79 Å². The van der Waals surface area contributed by atoms with Crippen molar-refractivity contribution in [3.05, 3.63) is 24.5 Å². The molecule has 8 heteroatoms. The van der Waals surface area contributed by atoms with E-state index in [-0.39, 0.29) is 18.6 Å². The van der Waals surface area contributed by atoms with Gasteiger partial charge in [-0.2, -0.15) is 0 Å². The lowest BCUT2D eigenvalue weighted by atomic mass is 10.2. The van der Waals surface area contributed by atoms with Gasteiger partial charge in [-0.25, -0.2) is 4.99 Å². The number of carbonyl (C=O) groups is 1. The monoisotopic (exact) mass is 363 g/mol. The van der Waals surface area contributed by atoms with Crippen molar-refractivity contribution in [3.63, 3.8) is 0 Å². The average Bonchev–Trinajstić information content (AvgIpc) is 3.16. The van der Waals surface area contributed by atoms with Gasteiger partial charge in [-0.1, -0.05) is 0 Å². The maximum Gasteiger partial charge on any atom is 0.246 e. The fourth-order valence-electron chi connectivity index (χ4n) is 2.50. The van der Waals surface area contributed by atoms with Gasteiger partial charge in [0.25, 0.3) is 0 Å². The first-order valence-electron chi connectivity index (χ1n) is 9.19. The highest BCUT2D eigenvalue weighted by molar-refractivity contribution is 5.93. The molecular weight excluding hydrogens is 334 g/mol. The molecule has 2 heterocycles. The maximum absolute atomic E-state index is 11.9. The molecule has 0 aliphatic carbocycles. The van der Waals surface area contributed by atoms with Crippen molar-refractivity contribution in [3.8, 4) is 0 Å². The number of hydrogen-bond acceptors (Lipinski definition) is 5. The molecule has 0 radical (unpaired) electrons. The lowest BCUT2D eigenvalue weighted by Gasteiger charge is -2.12. The van der Waals surface area contributed by atoms with E-state index in [2.05, 4.69) is 25.9 Å². The van der Waals surface area contributed by atoms with Gasteiger partial charge >= 0.3 is 0 Å². The van der Waals surface area contributed by atoms with Crippen LogP contribution < -0.4 is 16.0 Å². The zero-order valence-electron chi connectivity index (χ0n) is 15.4. The summed E-state index contributed by atoms with van der Waals surface area (Å²) in [6.45, 7) is 5.67. The van der Waals surface area contributed by atoms with E-state index in [0.29, 0.717) is 24.9 Å². The fraction of sp³-hybridized carbons (Fsp3) is 0.611. The van der Waals surface area contributed by atoms with Gasteiger partial charge in [-0.3, -0.25) is 9.78 Å². The van der Waals surface area contributed by atoms with Crippen LogP contribution in [0.3, 0.4) is 0 Å². The second kappa shape index (κ2) is 12.2. The summed E-state index contributed by atoms with van der Waals surface area (Å²) < 4.78 is 11.1. The van der Waals surface area contributed by atoms with Gasteiger partial charge in [0.2, 0.25) is 5.91 Å². The number of pyridine rings is 1. The van der Waals surface area contributed by atoms with Gasteiger partial charge in [0.1, 0.15) is 6.54 Å². The van der Waals surface area contributed by atoms with Crippen molar-refractivity contribution in [2.75, 3.05) is 44.8 Å². The fourth-order valence-corrected chi connectivity index (χ4v) is 2.50. The van der Waals surface area contributed by atoms with Crippen molar-refractivity contribution in [1.29, 1.82) is 0 Å². The molecule has 1 aromatic heterocycles. The molecule has 1 atom stereocenters. The second-order valence-corrected chi connectivity index (χ2v) is 5.98. The summed E-state index contributed by atoms with van der Waals surface area (Å²) in [4.78, 5) is 20.2. The first-order valence-corrected chi connectivity index (χ1v) is 9.19. The maximum atomic E-state index is 11.9. The molecule has 0 aromatic carbocycles. The minimum absolute atomic E-state index is 0.0414. The van der Waals surface area contributed by atoms with Gasteiger partial charge in [-0.15, -0.1) is 0 Å². The van der Waals surface area contributed by atoms with Crippen LogP contribution in [0.1, 0.15) is 26.2 Å². The van der Waals surface area contributed by atoms with Crippen molar-refractivity contribution < 1.29 is 14.3 Å². The molecule has 1 aliphatic heterocycles. The highest BCUT2D eigenvalue weighted by atomic mass is 16.5. The second-order valence-electron chi connectivity index (χ2n) is 5.98. The lowest BCUT2D eigenvalue weighted by molar-refractivity contribution is -0.114. The first-order chi connectivity index (χ1) is 12.8. The number of amides is 1. The normalized spacial score (nSPS) is 17.1. The molecule has 0 bridgehead atoms. The summed E-state index contributed by atoms with van der Waals surface area (Å²) in [5.41, 5.74) is 0.661. The van der Waals surface area contributed by atoms with Crippen molar-refractivity contribution in [1.82, 2.24) is 15.6 Å². The van der Waals surface area contributed by atoms with Gasteiger partial charge in [0.05, 0.1) is 24.6 Å². The SMILES string of the molecule is CCNC(=NCC(=O)Nc1cccnc1)NCCCOCC1CCCO1. The van der Waals surface area contributed by atoms with Crippen LogP contribution in [0, 0.1) is 0 Å². The molecule has 1 fully saturated rings. The molecule has 1 amide bonds. The Morgan fingerprint density at radius 3 is 3.12 bits per heavy atom. The van der Waals surface area contributed by atoms with Crippen LogP contribution in [-0.2, 0) is 14.3 Å². The van der Waals surface area contributed by atoms with E-state index >= 15 is 0 Å². The van der Waals surface area contributed by atoms with Gasteiger partial charge in [0, 0.05) is 32.5 Å². The molecule has 26 heavy (non-hydrogen) atoms. The third-order valence-corrected chi connectivity index (χ3v) is 3.76. The van der Waals surface area contributed by atoms with E-state index in [1.165, 1.54) is 0 Å². The van der Waals surface area contributed by atoms with E-state index in [0.717, 1.165) is 39.0 Å². The molecule has 2 rings (SSSR count). The minimum atomic E-state index is -0.185. The molecule has 0 saturated carbocycles. The number of aliphatic imine (C=N–C) groups is 1. The summed E-state index contributed by atoms with van der Waals surface area (Å²) in [6.07, 6.45) is 6.61. The van der Waals surface area contributed by atoms with Crippen LogP contribution in [-0.4, -0.2) is 62.4 Å². The number of carbonyl (C=O) groups excluding carboxylic acids is 1. The van der Waals surface area contributed by atoms with Crippen molar-refractivity contribution in [2.45, 2.75) is 32.3 Å². The topological polar surface area (TPSA) is 96.9 Å². The zero-order valence-corrected chi connectivity index (χ0v) is 15.4. The third-order valence-electron chi connectivity index (χ3n) is 3.76. The molecular formula is C18H29N5O3. The Bertz CT molecular complexity index is 547. The largest absolute Gasteiger partial charge is 0.379 e. The Morgan fingerprint density at radius 2 is 2.38 bits per heavy atom. The highest BCUT2D eigenvalue weighted by Crippen LogP contribution is 2.11. The van der Waals surface area contributed by atoms with E-state index in [4.69, 9.17) is 9.47 Å². The summed E-state index contributed by atoms with van der Waals surface area (Å²) in [5, 5.41) is 9.08. The van der Waals surface area contributed by atoms with Gasteiger partial charge in [-0.05, 0) is 38.3 Å². The molecule has 144 valence electrons. The molecule has 1 aromatic rings. The van der Waals surface area contributed by atoms with Crippen LogP contribution >= 0.6 is 0 Å². The number of aromatic nitrogens is 1. The zero-order chi connectivity index (χ0) is 18.5. The molecule has 8 nitrogen and oxygen atoms in total. The first kappa shape index (κ1) is 20.1. The third kappa shape index (κ3) is 8.26. The summed E-state index contributed by atoms with van der Waals surface area (Å²) in [5.74, 6) is 0.433. The number of hydrogen-bond donors (Lipinski definition) is 3. The number of ether oxygens (including phenoxy) is 2. The van der Waals surface area contributed by atoms with Crippen LogP contribution in [0.25, 0.3) is 0 Å². The number of guanidine groups is 1. The Labute approximate surface area is 154 Å². The molecule has 1 saturated heterocycles. The highest BCUT2D eigenvalue weighted by Gasteiger charge is 2.14. The Hall–Kier alpha value is -2.19. The number of anilines is 1. The quantitative estimate of drug-likeness (QED) is 0.328. The van der Waals surface area contributed by atoms with Crippen LogP contribution in [0.5, 0.6) is 0 Å². The minimum Gasteiger partial charge on any atom is -0.379 e. The molecule has 0 spiro atoms. The van der Waals surface area contributed by atoms with Gasteiger partial charge < -0.3 is 25.4 Å². The standard InChI is InChI=1S/C18H29N5O3/c1-2-20-18(21-9-5-10-25-14-16-7-4-11-26-16)22-13-17(24)23-15-6-3-8-19-12-15/h3,6,8,12,16H,2,4-5,7,9-11,13-14H2,1H3,(H,23,24)(H2,20,21,22). The predicted molar refractivity (Wildman–Crippen MR) is 101 cm³/mol. The smallest absolute Gasteiger partial charge is 0.246 e. The Balaban J connectivity index is 1.61. The molecule has 3 N–H and O–H groups in total. The molecule has 1 unspecified atom stereocenters. The molecule has 1 aliphatic rings. The Kier molecular flexibility index (Phi) is 9.45. The van der Waals surface area contributed by atoms with Crippen LogP contribution in [0.15, 0.2) is 29.5 Å².